The molecule has 2 aromatic heterocycles. The second-order valence-corrected chi connectivity index (χ2v) is 3.51. The molecule has 0 saturated heterocycles. The highest BCUT2D eigenvalue weighted by Crippen LogP contribution is 2.06. The highest BCUT2D eigenvalue weighted by Gasteiger charge is 2.16. The first-order valence-electron chi connectivity index (χ1n) is 4.70. The van der Waals surface area contributed by atoms with Crippen LogP contribution in [0.1, 0.15) is 19.9 Å². The van der Waals surface area contributed by atoms with E-state index in [1.807, 2.05) is 0 Å². The highest BCUT2D eigenvalue weighted by molar-refractivity contribution is 5.31. The van der Waals surface area contributed by atoms with E-state index in [2.05, 4.69) is 10.1 Å². The van der Waals surface area contributed by atoms with Gasteiger partial charge in [-0.15, -0.1) is 5.10 Å². The van der Waals surface area contributed by atoms with Gasteiger partial charge in [-0.25, -0.2) is 13.9 Å². The molecule has 0 bridgehead atoms. The summed E-state index contributed by atoms with van der Waals surface area (Å²) >= 11 is 0. The smallest absolute Gasteiger partial charge is 0.350 e. The fraction of sp³-hybridized carbons (Fsp3) is 0.444. The topological polar surface area (TPSA) is 72.4 Å². The number of aliphatic hydroxyl groups is 1. The minimum atomic E-state index is -0.624. The minimum absolute atomic E-state index is 0.263. The molecule has 0 aliphatic carbocycles. The molecular formula is C9H12N4O2. The standard InChI is InChI=1S/C9H12N4O2/c1-6(7(2)14)13-9(15)12-4-3-10-5-8(12)11-13/h3-7,14H,1-2H3. The summed E-state index contributed by atoms with van der Waals surface area (Å²) in [7, 11) is 0. The van der Waals surface area contributed by atoms with Gasteiger partial charge in [0.25, 0.3) is 0 Å². The minimum Gasteiger partial charge on any atom is -0.391 e. The van der Waals surface area contributed by atoms with E-state index in [-0.39, 0.29) is 11.7 Å². The van der Waals surface area contributed by atoms with Crippen molar-refractivity contribution in [1.82, 2.24) is 19.2 Å². The van der Waals surface area contributed by atoms with Crippen LogP contribution >= 0.6 is 0 Å². The molecule has 0 aliphatic rings. The molecule has 0 aromatic carbocycles. The second-order valence-electron chi connectivity index (χ2n) is 3.51. The van der Waals surface area contributed by atoms with Crippen molar-refractivity contribution in [1.29, 1.82) is 0 Å². The van der Waals surface area contributed by atoms with Crippen LogP contribution in [0.4, 0.5) is 0 Å². The molecule has 15 heavy (non-hydrogen) atoms. The first-order valence-corrected chi connectivity index (χ1v) is 4.70. The summed E-state index contributed by atoms with van der Waals surface area (Å²) in [6, 6.07) is -0.350. The van der Waals surface area contributed by atoms with Gasteiger partial charge in [0.2, 0.25) is 0 Å². The predicted molar refractivity (Wildman–Crippen MR) is 53.6 cm³/mol. The molecule has 6 heteroatoms. The maximum absolute atomic E-state index is 11.8. The summed E-state index contributed by atoms with van der Waals surface area (Å²) in [6.07, 6.45) is 3.95. The average Bonchev–Trinajstić information content (AvgIpc) is 2.56. The van der Waals surface area contributed by atoms with E-state index < -0.39 is 6.10 Å². The Hall–Kier alpha value is -1.69. The van der Waals surface area contributed by atoms with Crippen LogP contribution in [-0.2, 0) is 0 Å². The van der Waals surface area contributed by atoms with E-state index in [4.69, 9.17) is 0 Å². The van der Waals surface area contributed by atoms with Crippen molar-refractivity contribution in [2.75, 3.05) is 0 Å². The van der Waals surface area contributed by atoms with Crippen LogP contribution in [0.3, 0.4) is 0 Å². The van der Waals surface area contributed by atoms with Crippen LogP contribution < -0.4 is 5.69 Å². The third-order valence-corrected chi connectivity index (χ3v) is 2.43. The molecule has 0 saturated carbocycles. The fourth-order valence-electron chi connectivity index (χ4n) is 1.32. The van der Waals surface area contributed by atoms with Gasteiger partial charge in [0.1, 0.15) is 0 Å². The number of aliphatic hydroxyl groups excluding tert-OH is 1. The van der Waals surface area contributed by atoms with E-state index in [1.165, 1.54) is 21.5 Å². The van der Waals surface area contributed by atoms with Crippen molar-refractivity contribution in [2.45, 2.75) is 26.0 Å². The molecule has 2 unspecified atom stereocenters. The van der Waals surface area contributed by atoms with Crippen molar-refractivity contribution in [3.63, 3.8) is 0 Å². The van der Waals surface area contributed by atoms with Gasteiger partial charge in [0, 0.05) is 12.4 Å². The van der Waals surface area contributed by atoms with Gasteiger partial charge in [-0.1, -0.05) is 0 Å². The molecule has 0 amide bonds. The van der Waals surface area contributed by atoms with E-state index in [0.29, 0.717) is 5.65 Å². The van der Waals surface area contributed by atoms with Crippen LogP contribution in [0, 0.1) is 0 Å². The third kappa shape index (κ3) is 1.52. The Kier molecular flexibility index (Phi) is 2.28. The molecule has 0 fully saturated rings. The summed E-state index contributed by atoms with van der Waals surface area (Å²) in [4.78, 5) is 15.7. The lowest BCUT2D eigenvalue weighted by Crippen LogP contribution is -2.29. The first kappa shape index (κ1) is 9.85. The Labute approximate surface area is 85.8 Å². The van der Waals surface area contributed by atoms with Crippen molar-refractivity contribution in [3.8, 4) is 0 Å². The van der Waals surface area contributed by atoms with Gasteiger partial charge in [0.05, 0.1) is 18.3 Å². The highest BCUT2D eigenvalue weighted by atomic mass is 16.3. The van der Waals surface area contributed by atoms with Gasteiger partial charge in [-0.2, -0.15) is 0 Å². The lowest BCUT2D eigenvalue weighted by molar-refractivity contribution is 0.130. The van der Waals surface area contributed by atoms with Crippen molar-refractivity contribution >= 4 is 5.65 Å². The van der Waals surface area contributed by atoms with Crippen molar-refractivity contribution in [2.24, 2.45) is 0 Å². The molecule has 1 N–H and O–H groups in total. The average molecular weight is 208 g/mol. The molecule has 0 spiro atoms. The molecule has 2 heterocycles. The largest absolute Gasteiger partial charge is 0.391 e. The quantitative estimate of drug-likeness (QED) is 0.743. The molecule has 2 atom stereocenters. The van der Waals surface area contributed by atoms with E-state index in [9.17, 15) is 9.90 Å². The number of rotatable bonds is 2. The predicted octanol–water partition coefficient (Wildman–Crippen LogP) is -0.167. The molecule has 80 valence electrons. The van der Waals surface area contributed by atoms with Crippen LogP contribution in [-0.4, -0.2) is 30.4 Å². The van der Waals surface area contributed by atoms with Crippen molar-refractivity contribution < 1.29 is 5.11 Å². The zero-order valence-corrected chi connectivity index (χ0v) is 8.53. The normalized spacial score (nSPS) is 15.4. The van der Waals surface area contributed by atoms with Crippen LogP contribution in [0.5, 0.6) is 0 Å². The fourth-order valence-corrected chi connectivity index (χ4v) is 1.32. The van der Waals surface area contributed by atoms with Crippen LogP contribution in [0.15, 0.2) is 23.4 Å². The SMILES string of the molecule is CC(O)C(C)n1nc2cnccn2c1=O. The third-order valence-electron chi connectivity index (χ3n) is 2.43. The number of hydrogen-bond donors (Lipinski definition) is 1. The first-order chi connectivity index (χ1) is 7.11. The van der Waals surface area contributed by atoms with Gasteiger partial charge >= 0.3 is 5.69 Å². The molecule has 0 radical (unpaired) electrons. The maximum atomic E-state index is 11.8. The summed E-state index contributed by atoms with van der Waals surface area (Å²) in [6.45, 7) is 3.37. The Morgan fingerprint density at radius 1 is 1.47 bits per heavy atom. The Balaban J connectivity index is 2.63. The van der Waals surface area contributed by atoms with E-state index >= 15 is 0 Å². The molecular weight excluding hydrogens is 196 g/mol. The molecule has 2 aromatic rings. The summed E-state index contributed by atoms with van der Waals surface area (Å²) < 4.78 is 2.66. The van der Waals surface area contributed by atoms with E-state index in [0.717, 1.165) is 0 Å². The monoisotopic (exact) mass is 208 g/mol. The zero-order chi connectivity index (χ0) is 11.0. The summed E-state index contributed by atoms with van der Waals surface area (Å²) in [5.74, 6) is 0. The number of hydrogen-bond acceptors (Lipinski definition) is 4. The van der Waals surface area contributed by atoms with Crippen LogP contribution in [0.2, 0.25) is 0 Å². The molecule has 2 rings (SSSR count). The Bertz CT molecular complexity index is 528. The van der Waals surface area contributed by atoms with Crippen molar-refractivity contribution in [3.05, 3.63) is 29.1 Å². The van der Waals surface area contributed by atoms with Crippen LogP contribution in [0.25, 0.3) is 5.65 Å². The summed E-state index contributed by atoms with van der Waals surface area (Å²) in [5.41, 5.74) is 0.218. The maximum Gasteiger partial charge on any atom is 0.350 e. The summed E-state index contributed by atoms with van der Waals surface area (Å²) in [5, 5.41) is 13.5. The van der Waals surface area contributed by atoms with Gasteiger partial charge < -0.3 is 5.11 Å². The number of nitrogens with zero attached hydrogens (tertiary/aromatic N) is 4. The number of fused-ring (bicyclic) bond motifs is 1. The Morgan fingerprint density at radius 3 is 2.80 bits per heavy atom. The lowest BCUT2D eigenvalue weighted by atomic mass is 10.2. The number of aromatic nitrogens is 4. The molecule has 6 nitrogen and oxygen atoms in total. The lowest BCUT2D eigenvalue weighted by Gasteiger charge is -2.12. The van der Waals surface area contributed by atoms with Gasteiger partial charge in [-0.05, 0) is 13.8 Å². The van der Waals surface area contributed by atoms with Gasteiger partial charge in [0.15, 0.2) is 5.65 Å². The zero-order valence-electron chi connectivity index (χ0n) is 8.53. The second kappa shape index (κ2) is 3.47. The van der Waals surface area contributed by atoms with E-state index in [1.54, 1.807) is 20.0 Å². The molecule has 0 aliphatic heterocycles. The Morgan fingerprint density at radius 2 is 2.20 bits per heavy atom. The van der Waals surface area contributed by atoms with Gasteiger partial charge in [-0.3, -0.25) is 4.98 Å².